The molecule has 1 aromatic carbocycles. The maximum atomic E-state index is 13.0. The molecule has 2 amide bonds. The van der Waals surface area contributed by atoms with Crippen LogP contribution in [0.3, 0.4) is 0 Å². The first-order chi connectivity index (χ1) is 15.0. The van der Waals surface area contributed by atoms with Gasteiger partial charge in [0.1, 0.15) is 24.7 Å². The summed E-state index contributed by atoms with van der Waals surface area (Å²) in [4.78, 5) is 26.4. The average molecular weight is 440 g/mol. The molecular weight excluding hydrogens is 406 g/mol. The summed E-state index contributed by atoms with van der Waals surface area (Å²) < 4.78 is 12.7. The number of imide groups is 1. The van der Waals surface area contributed by atoms with E-state index in [0.29, 0.717) is 24.7 Å². The fraction of sp³-hybridized carbons (Fsp3) is 0.480. The summed E-state index contributed by atoms with van der Waals surface area (Å²) in [5, 5.41) is 4.43. The van der Waals surface area contributed by atoms with E-state index in [2.05, 4.69) is 11.0 Å². The molecule has 1 aromatic heterocycles. The van der Waals surface area contributed by atoms with Gasteiger partial charge < -0.3 is 9.47 Å². The number of hydrogen-bond donors (Lipinski definition) is 0. The molecule has 0 radical (unpaired) electrons. The summed E-state index contributed by atoms with van der Waals surface area (Å²) in [6, 6.07) is 7.64. The van der Waals surface area contributed by atoms with Gasteiger partial charge in [0, 0.05) is 19.4 Å². The highest BCUT2D eigenvalue weighted by molar-refractivity contribution is 6.03. The Labute approximate surface area is 190 Å². The van der Waals surface area contributed by atoms with Crippen molar-refractivity contribution in [2.24, 2.45) is 7.05 Å². The number of rotatable bonds is 9. The van der Waals surface area contributed by atoms with Crippen molar-refractivity contribution < 1.29 is 19.1 Å². The lowest BCUT2D eigenvalue weighted by Crippen LogP contribution is -2.39. The van der Waals surface area contributed by atoms with Crippen LogP contribution in [0.15, 0.2) is 24.3 Å². The molecule has 0 saturated carbocycles. The first-order valence-electron chi connectivity index (χ1n) is 10.6. The first kappa shape index (κ1) is 25.2. The molecule has 0 aliphatic rings. The average Bonchev–Trinajstić information content (AvgIpc) is 3.11. The molecule has 0 N–H and O–H groups in total. The number of aryl methyl sites for hydroxylation is 2. The molecule has 172 valence electrons. The summed E-state index contributed by atoms with van der Waals surface area (Å²) in [5.41, 5.74) is 3.07. The molecule has 0 atom stereocenters. The third-order valence-electron chi connectivity index (χ3n) is 5.02. The minimum atomic E-state index is -0.384. The number of benzene rings is 1. The largest absolute Gasteiger partial charge is 0.491 e. The predicted molar refractivity (Wildman–Crippen MR) is 124 cm³/mol. The van der Waals surface area contributed by atoms with Gasteiger partial charge in [0.25, 0.3) is 5.91 Å². The SMILES string of the molecule is C#CCOCCc1ccc(OCCN(C(C)=O)C(=O)c2cc(C(C)(C)C)nn2C)c(C)c1. The van der Waals surface area contributed by atoms with Gasteiger partial charge in [-0.05, 0) is 36.6 Å². The number of carbonyl (C=O) groups is 2. The third-order valence-corrected chi connectivity index (χ3v) is 5.02. The minimum Gasteiger partial charge on any atom is -0.491 e. The summed E-state index contributed by atoms with van der Waals surface area (Å²) in [5.74, 6) is 2.44. The summed E-state index contributed by atoms with van der Waals surface area (Å²) in [7, 11) is 1.71. The topological polar surface area (TPSA) is 73.7 Å². The Balaban J connectivity index is 2.00. The van der Waals surface area contributed by atoms with Crippen LogP contribution in [0, 0.1) is 19.3 Å². The van der Waals surface area contributed by atoms with Crippen molar-refractivity contribution in [1.82, 2.24) is 14.7 Å². The van der Waals surface area contributed by atoms with Crippen LogP contribution < -0.4 is 4.74 Å². The molecule has 0 aliphatic carbocycles. The Hall–Kier alpha value is -3.11. The van der Waals surface area contributed by atoms with Gasteiger partial charge in [0.2, 0.25) is 5.91 Å². The highest BCUT2D eigenvalue weighted by atomic mass is 16.5. The van der Waals surface area contributed by atoms with Gasteiger partial charge >= 0.3 is 0 Å². The van der Waals surface area contributed by atoms with Gasteiger partial charge in [0.15, 0.2) is 0 Å². The van der Waals surface area contributed by atoms with Crippen molar-refractivity contribution in [3.05, 3.63) is 46.8 Å². The van der Waals surface area contributed by atoms with Crippen LogP contribution in [-0.4, -0.2) is 52.9 Å². The molecule has 7 nitrogen and oxygen atoms in total. The summed E-state index contributed by atoms with van der Waals surface area (Å²) in [6.07, 6.45) is 5.93. The van der Waals surface area contributed by atoms with Crippen molar-refractivity contribution in [1.29, 1.82) is 0 Å². The van der Waals surface area contributed by atoms with Crippen molar-refractivity contribution in [3.63, 3.8) is 0 Å². The lowest BCUT2D eigenvalue weighted by Gasteiger charge is -2.20. The lowest BCUT2D eigenvalue weighted by atomic mass is 9.92. The van der Waals surface area contributed by atoms with Crippen LogP contribution in [0.1, 0.15) is 55.0 Å². The Morgan fingerprint density at radius 2 is 1.94 bits per heavy atom. The van der Waals surface area contributed by atoms with E-state index in [9.17, 15) is 9.59 Å². The number of nitrogens with zero attached hydrogens (tertiary/aromatic N) is 3. The maximum Gasteiger partial charge on any atom is 0.278 e. The molecule has 0 spiro atoms. The fourth-order valence-electron chi connectivity index (χ4n) is 3.17. The van der Waals surface area contributed by atoms with E-state index in [0.717, 1.165) is 23.2 Å². The number of terminal acetylenes is 1. The van der Waals surface area contributed by atoms with Crippen LogP contribution in [0.5, 0.6) is 5.75 Å². The van der Waals surface area contributed by atoms with Crippen LogP contribution in [-0.2, 0) is 28.4 Å². The molecule has 32 heavy (non-hydrogen) atoms. The van der Waals surface area contributed by atoms with Gasteiger partial charge in [0.05, 0.1) is 18.8 Å². The number of aromatic nitrogens is 2. The van der Waals surface area contributed by atoms with E-state index in [1.165, 1.54) is 16.5 Å². The van der Waals surface area contributed by atoms with Crippen LogP contribution in [0.25, 0.3) is 0 Å². The molecule has 2 aromatic rings. The zero-order valence-electron chi connectivity index (χ0n) is 19.9. The summed E-state index contributed by atoms with van der Waals surface area (Å²) >= 11 is 0. The monoisotopic (exact) mass is 439 g/mol. The van der Waals surface area contributed by atoms with Crippen molar-refractivity contribution in [2.75, 3.05) is 26.4 Å². The van der Waals surface area contributed by atoms with E-state index >= 15 is 0 Å². The zero-order chi connectivity index (χ0) is 23.9. The van der Waals surface area contributed by atoms with Gasteiger partial charge in [-0.1, -0.05) is 38.8 Å². The highest BCUT2D eigenvalue weighted by Crippen LogP contribution is 2.22. The van der Waals surface area contributed by atoms with Crippen molar-refractivity contribution >= 4 is 11.8 Å². The van der Waals surface area contributed by atoms with E-state index in [1.807, 2.05) is 45.9 Å². The number of amides is 2. The smallest absolute Gasteiger partial charge is 0.278 e. The second-order valence-electron chi connectivity index (χ2n) is 8.72. The van der Waals surface area contributed by atoms with Crippen LogP contribution in [0.4, 0.5) is 0 Å². The van der Waals surface area contributed by atoms with Gasteiger partial charge in [-0.15, -0.1) is 6.42 Å². The Morgan fingerprint density at radius 3 is 2.50 bits per heavy atom. The maximum absolute atomic E-state index is 13.0. The van der Waals surface area contributed by atoms with Gasteiger partial charge in [-0.3, -0.25) is 19.2 Å². The van der Waals surface area contributed by atoms with Gasteiger partial charge in [-0.25, -0.2) is 0 Å². The van der Waals surface area contributed by atoms with Crippen LogP contribution >= 0.6 is 0 Å². The number of carbonyl (C=O) groups excluding carboxylic acids is 2. The highest BCUT2D eigenvalue weighted by Gasteiger charge is 2.26. The molecule has 7 heteroatoms. The van der Waals surface area contributed by atoms with Crippen LogP contribution in [0.2, 0.25) is 0 Å². The second-order valence-corrected chi connectivity index (χ2v) is 8.72. The van der Waals surface area contributed by atoms with E-state index in [1.54, 1.807) is 13.1 Å². The van der Waals surface area contributed by atoms with E-state index in [4.69, 9.17) is 15.9 Å². The first-order valence-corrected chi connectivity index (χ1v) is 10.6. The Kier molecular flexibility index (Phi) is 8.62. The molecular formula is C25H33N3O4. The van der Waals surface area contributed by atoms with E-state index < -0.39 is 0 Å². The zero-order valence-corrected chi connectivity index (χ0v) is 19.9. The molecule has 0 fully saturated rings. The standard InChI is InChI=1S/C25H33N3O4/c1-8-13-31-14-11-20-9-10-22(18(2)16-20)32-15-12-28(19(3)29)24(30)21-17-23(25(4,5)6)26-27(21)7/h1,9-10,16-17H,11-15H2,2-7H3. The summed E-state index contributed by atoms with van der Waals surface area (Å²) in [6.45, 7) is 10.6. The quantitative estimate of drug-likeness (QED) is 0.443. The number of hydrogen-bond acceptors (Lipinski definition) is 5. The Bertz CT molecular complexity index is 996. The minimum absolute atomic E-state index is 0.144. The molecule has 0 bridgehead atoms. The van der Waals surface area contributed by atoms with Crippen molar-refractivity contribution in [3.8, 4) is 18.1 Å². The fourth-order valence-corrected chi connectivity index (χ4v) is 3.17. The molecule has 0 aliphatic heterocycles. The van der Waals surface area contributed by atoms with E-state index in [-0.39, 0.29) is 30.4 Å². The Morgan fingerprint density at radius 1 is 1.22 bits per heavy atom. The third kappa shape index (κ3) is 6.69. The molecule has 2 rings (SSSR count). The predicted octanol–water partition coefficient (Wildman–Crippen LogP) is 3.29. The lowest BCUT2D eigenvalue weighted by molar-refractivity contribution is -0.126. The van der Waals surface area contributed by atoms with Crippen molar-refractivity contribution in [2.45, 2.75) is 46.5 Å². The van der Waals surface area contributed by atoms with Gasteiger partial charge in [-0.2, -0.15) is 5.10 Å². The normalized spacial score (nSPS) is 11.2. The second kappa shape index (κ2) is 11.0. The molecule has 0 saturated heterocycles. The molecule has 1 heterocycles. The molecule has 0 unspecified atom stereocenters. The number of ether oxygens (including phenoxy) is 2.